The summed E-state index contributed by atoms with van der Waals surface area (Å²) in [6.45, 7) is 0.650. The van der Waals surface area contributed by atoms with Crippen LogP contribution in [0.1, 0.15) is 15.9 Å². The SMILES string of the molecule is O=C(NCc1ccc2c(c1)OCO2)c1ccc2nccnc2c1. The second-order valence-corrected chi connectivity index (χ2v) is 5.13. The summed E-state index contributed by atoms with van der Waals surface area (Å²) in [5.41, 5.74) is 2.96. The van der Waals surface area contributed by atoms with E-state index in [-0.39, 0.29) is 12.7 Å². The van der Waals surface area contributed by atoms with Gasteiger partial charge in [-0.25, -0.2) is 0 Å². The highest BCUT2D eigenvalue weighted by atomic mass is 16.7. The van der Waals surface area contributed by atoms with E-state index in [0.717, 1.165) is 16.8 Å². The minimum Gasteiger partial charge on any atom is -0.454 e. The van der Waals surface area contributed by atoms with Crippen LogP contribution >= 0.6 is 0 Å². The zero-order valence-corrected chi connectivity index (χ0v) is 12.2. The number of aromatic nitrogens is 2. The van der Waals surface area contributed by atoms with Gasteiger partial charge in [0, 0.05) is 24.5 Å². The standard InChI is InChI=1S/C17H13N3O3/c21-17(12-2-3-13-14(8-12)19-6-5-18-13)20-9-11-1-4-15-16(7-11)23-10-22-15/h1-8H,9-10H2,(H,20,21). The molecular formula is C17H13N3O3. The Morgan fingerprint density at radius 3 is 2.74 bits per heavy atom. The van der Waals surface area contributed by atoms with Crippen molar-refractivity contribution in [3.63, 3.8) is 0 Å². The molecule has 2 heterocycles. The molecule has 6 nitrogen and oxygen atoms in total. The van der Waals surface area contributed by atoms with Crippen molar-refractivity contribution in [3.05, 3.63) is 59.9 Å². The molecule has 0 saturated carbocycles. The van der Waals surface area contributed by atoms with Gasteiger partial charge in [-0.2, -0.15) is 0 Å². The molecule has 0 fully saturated rings. The minimum absolute atomic E-state index is 0.157. The molecule has 0 bridgehead atoms. The molecule has 0 spiro atoms. The van der Waals surface area contributed by atoms with Crippen LogP contribution in [0.4, 0.5) is 0 Å². The topological polar surface area (TPSA) is 73.3 Å². The van der Waals surface area contributed by atoms with E-state index in [1.54, 1.807) is 30.6 Å². The normalized spacial score (nSPS) is 12.3. The third kappa shape index (κ3) is 2.66. The molecule has 1 aliphatic rings. The van der Waals surface area contributed by atoms with Crippen molar-refractivity contribution < 1.29 is 14.3 Å². The molecule has 0 saturated heterocycles. The highest BCUT2D eigenvalue weighted by Gasteiger charge is 2.13. The van der Waals surface area contributed by atoms with Crippen molar-refractivity contribution >= 4 is 16.9 Å². The second-order valence-electron chi connectivity index (χ2n) is 5.13. The lowest BCUT2D eigenvalue weighted by molar-refractivity contribution is 0.0951. The van der Waals surface area contributed by atoms with Crippen LogP contribution in [0.2, 0.25) is 0 Å². The van der Waals surface area contributed by atoms with Gasteiger partial charge in [-0.3, -0.25) is 14.8 Å². The maximum atomic E-state index is 12.3. The Hall–Kier alpha value is -3.15. The molecule has 2 aromatic carbocycles. The average molecular weight is 307 g/mol. The van der Waals surface area contributed by atoms with Gasteiger partial charge in [0.1, 0.15) is 0 Å². The van der Waals surface area contributed by atoms with Gasteiger partial charge in [0.25, 0.3) is 5.91 Å². The Kier molecular flexibility index (Phi) is 3.27. The largest absolute Gasteiger partial charge is 0.454 e. The fraction of sp³-hybridized carbons (Fsp3) is 0.118. The van der Waals surface area contributed by atoms with Crippen molar-refractivity contribution in [3.8, 4) is 11.5 Å². The van der Waals surface area contributed by atoms with Crippen LogP contribution in [0.25, 0.3) is 11.0 Å². The Balaban J connectivity index is 1.48. The third-order valence-corrected chi connectivity index (χ3v) is 3.62. The van der Waals surface area contributed by atoms with E-state index in [9.17, 15) is 4.79 Å². The van der Waals surface area contributed by atoms with E-state index in [2.05, 4.69) is 15.3 Å². The molecule has 6 heteroatoms. The van der Waals surface area contributed by atoms with Crippen molar-refractivity contribution in [2.24, 2.45) is 0 Å². The zero-order chi connectivity index (χ0) is 15.6. The molecule has 0 aliphatic carbocycles. The molecule has 0 unspecified atom stereocenters. The maximum absolute atomic E-state index is 12.3. The van der Waals surface area contributed by atoms with Crippen molar-refractivity contribution in [2.75, 3.05) is 6.79 Å². The molecule has 114 valence electrons. The summed E-state index contributed by atoms with van der Waals surface area (Å²) in [6.07, 6.45) is 3.23. The first kappa shape index (κ1) is 13.5. The number of carbonyl (C=O) groups excluding carboxylic acids is 1. The molecule has 23 heavy (non-hydrogen) atoms. The molecule has 1 amide bonds. The van der Waals surface area contributed by atoms with Gasteiger partial charge >= 0.3 is 0 Å². The van der Waals surface area contributed by atoms with E-state index in [0.29, 0.717) is 23.4 Å². The maximum Gasteiger partial charge on any atom is 0.251 e. The van der Waals surface area contributed by atoms with E-state index < -0.39 is 0 Å². The lowest BCUT2D eigenvalue weighted by Crippen LogP contribution is -2.22. The Labute approximate surface area is 132 Å². The van der Waals surface area contributed by atoms with Crippen LogP contribution in [0.3, 0.4) is 0 Å². The number of rotatable bonds is 3. The molecule has 0 atom stereocenters. The Bertz CT molecular complexity index is 895. The van der Waals surface area contributed by atoms with Crippen LogP contribution in [0.5, 0.6) is 11.5 Å². The molecular weight excluding hydrogens is 294 g/mol. The van der Waals surface area contributed by atoms with Crippen LogP contribution in [-0.4, -0.2) is 22.7 Å². The fourth-order valence-corrected chi connectivity index (χ4v) is 2.44. The number of hydrogen-bond donors (Lipinski definition) is 1. The van der Waals surface area contributed by atoms with E-state index in [4.69, 9.17) is 9.47 Å². The number of carbonyl (C=O) groups is 1. The van der Waals surface area contributed by atoms with Crippen molar-refractivity contribution in [1.82, 2.24) is 15.3 Å². The number of nitrogens with one attached hydrogen (secondary N) is 1. The fourth-order valence-electron chi connectivity index (χ4n) is 2.44. The Morgan fingerprint density at radius 2 is 1.83 bits per heavy atom. The zero-order valence-electron chi connectivity index (χ0n) is 12.2. The number of nitrogens with zero attached hydrogens (tertiary/aromatic N) is 2. The van der Waals surface area contributed by atoms with Gasteiger partial charge in [-0.1, -0.05) is 6.07 Å². The van der Waals surface area contributed by atoms with Crippen LogP contribution < -0.4 is 14.8 Å². The van der Waals surface area contributed by atoms with Gasteiger partial charge in [0.15, 0.2) is 11.5 Å². The van der Waals surface area contributed by atoms with Gasteiger partial charge < -0.3 is 14.8 Å². The first-order valence-electron chi connectivity index (χ1n) is 7.17. The summed E-state index contributed by atoms with van der Waals surface area (Å²) in [5.74, 6) is 1.28. The molecule has 1 aliphatic heterocycles. The minimum atomic E-state index is -0.157. The van der Waals surface area contributed by atoms with Gasteiger partial charge in [0.05, 0.1) is 11.0 Å². The lowest BCUT2D eigenvalue weighted by atomic mass is 10.1. The van der Waals surface area contributed by atoms with Gasteiger partial charge in [-0.05, 0) is 35.9 Å². The predicted octanol–water partition coefficient (Wildman–Crippen LogP) is 2.29. The summed E-state index contributed by atoms with van der Waals surface area (Å²) >= 11 is 0. The third-order valence-electron chi connectivity index (χ3n) is 3.62. The van der Waals surface area contributed by atoms with E-state index in [1.165, 1.54) is 0 Å². The highest BCUT2D eigenvalue weighted by molar-refractivity contribution is 5.97. The number of benzene rings is 2. The number of ether oxygens (including phenoxy) is 2. The molecule has 1 N–H and O–H groups in total. The second kappa shape index (κ2) is 5.57. The summed E-state index contributed by atoms with van der Waals surface area (Å²) in [5, 5.41) is 2.89. The molecule has 4 rings (SSSR count). The summed E-state index contributed by atoms with van der Waals surface area (Å²) in [4.78, 5) is 20.7. The summed E-state index contributed by atoms with van der Waals surface area (Å²) in [6, 6.07) is 10.9. The monoisotopic (exact) mass is 307 g/mol. The average Bonchev–Trinajstić information content (AvgIpc) is 3.07. The quantitative estimate of drug-likeness (QED) is 0.803. The predicted molar refractivity (Wildman–Crippen MR) is 83.3 cm³/mol. The number of hydrogen-bond acceptors (Lipinski definition) is 5. The number of fused-ring (bicyclic) bond motifs is 2. The highest BCUT2D eigenvalue weighted by Crippen LogP contribution is 2.32. The smallest absolute Gasteiger partial charge is 0.251 e. The lowest BCUT2D eigenvalue weighted by Gasteiger charge is -2.07. The Morgan fingerprint density at radius 1 is 1.00 bits per heavy atom. The van der Waals surface area contributed by atoms with Crippen LogP contribution in [0.15, 0.2) is 48.8 Å². The van der Waals surface area contributed by atoms with Crippen molar-refractivity contribution in [1.29, 1.82) is 0 Å². The van der Waals surface area contributed by atoms with Gasteiger partial charge in [0.2, 0.25) is 6.79 Å². The van der Waals surface area contributed by atoms with Crippen molar-refractivity contribution in [2.45, 2.75) is 6.54 Å². The molecule has 3 aromatic rings. The summed E-state index contributed by atoms with van der Waals surface area (Å²) < 4.78 is 10.6. The molecule has 1 aromatic heterocycles. The summed E-state index contributed by atoms with van der Waals surface area (Å²) in [7, 11) is 0. The van der Waals surface area contributed by atoms with E-state index in [1.807, 2.05) is 18.2 Å². The van der Waals surface area contributed by atoms with Crippen LogP contribution in [-0.2, 0) is 6.54 Å². The van der Waals surface area contributed by atoms with E-state index >= 15 is 0 Å². The first-order valence-corrected chi connectivity index (χ1v) is 7.17. The number of amides is 1. The van der Waals surface area contributed by atoms with Crippen LogP contribution in [0, 0.1) is 0 Å². The molecule has 0 radical (unpaired) electrons. The first-order chi connectivity index (χ1) is 11.3. The van der Waals surface area contributed by atoms with Gasteiger partial charge in [-0.15, -0.1) is 0 Å².